The summed E-state index contributed by atoms with van der Waals surface area (Å²) in [5.41, 5.74) is 4.61. The van der Waals surface area contributed by atoms with Crippen molar-refractivity contribution in [3.05, 3.63) is 65.2 Å². The van der Waals surface area contributed by atoms with Gasteiger partial charge in [-0.25, -0.2) is 0 Å². The number of nitrogens with one attached hydrogen (secondary N) is 1. The average molecular weight is 347 g/mol. The van der Waals surface area contributed by atoms with E-state index >= 15 is 0 Å². The first-order valence-corrected chi connectivity index (χ1v) is 8.91. The van der Waals surface area contributed by atoms with E-state index in [1.165, 1.54) is 21.5 Å². The molecule has 26 heavy (non-hydrogen) atoms. The number of rotatable bonds is 4. The maximum Gasteiger partial charge on any atom is 0.244 e. The molecule has 6 heteroatoms. The minimum absolute atomic E-state index is 0.0625. The third-order valence-corrected chi connectivity index (χ3v) is 4.75. The highest BCUT2D eigenvalue weighted by Crippen LogP contribution is 2.29. The second kappa shape index (κ2) is 7.07. The quantitative estimate of drug-likeness (QED) is 0.788. The van der Waals surface area contributed by atoms with E-state index in [0.29, 0.717) is 5.82 Å². The van der Waals surface area contributed by atoms with Gasteiger partial charge in [0, 0.05) is 5.56 Å². The number of benzene rings is 2. The van der Waals surface area contributed by atoms with Crippen LogP contribution in [0.15, 0.2) is 48.5 Å². The fourth-order valence-electron chi connectivity index (χ4n) is 3.40. The number of fused-ring (bicyclic) bond motifs is 1. The van der Waals surface area contributed by atoms with Gasteiger partial charge in [-0.1, -0.05) is 54.1 Å². The molecule has 0 spiro atoms. The summed E-state index contributed by atoms with van der Waals surface area (Å²) in [7, 11) is 0. The van der Waals surface area contributed by atoms with Crippen molar-refractivity contribution in [1.82, 2.24) is 25.5 Å². The topological polar surface area (TPSA) is 72.7 Å². The molecule has 0 bridgehead atoms. The number of amides is 1. The van der Waals surface area contributed by atoms with E-state index in [-0.39, 0.29) is 18.5 Å². The molecule has 1 N–H and O–H groups in total. The van der Waals surface area contributed by atoms with Crippen molar-refractivity contribution < 1.29 is 4.79 Å². The largest absolute Gasteiger partial charge is 0.348 e. The smallest absolute Gasteiger partial charge is 0.244 e. The Morgan fingerprint density at radius 2 is 2.00 bits per heavy atom. The summed E-state index contributed by atoms with van der Waals surface area (Å²) < 4.78 is 0. The van der Waals surface area contributed by atoms with Crippen molar-refractivity contribution in [3.8, 4) is 11.4 Å². The number of carbonyl (C=O) groups is 1. The SMILES string of the molecule is Cc1ccc(-c2nnn(CC(=O)N[C@@H]3CCCc4ccccc43)n2)cc1. The molecule has 0 aliphatic heterocycles. The van der Waals surface area contributed by atoms with Gasteiger partial charge in [-0.2, -0.15) is 4.80 Å². The van der Waals surface area contributed by atoms with Crippen molar-refractivity contribution >= 4 is 5.91 Å². The number of aryl methyl sites for hydroxylation is 2. The highest BCUT2D eigenvalue weighted by molar-refractivity contribution is 5.76. The Bertz CT molecular complexity index is 916. The van der Waals surface area contributed by atoms with Crippen LogP contribution in [0.25, 0.3) is 11.4 Å². The zero-order valence-electron chi connectivity index (χ0n) is 14.7. The number of aromatic nitrogens is 4. The second-order valence-corrected chi connectivity index (χ2v) is 6.72. The number of carbonyl (C=O) groups excluding carboxylic acids is 1. The van der Waals surface area contributed by atoms with E-state index in [0.717, 1.165) is 24.8 Å². The summed E-state index contributed by atoms with van der Waals surface area (Å²) in [6.07, 6.45) is 3.12. The standard InChI is InChI=1S/C20H21N5O/c1-14-9-11-16(12-10-14)20-22-24-25(23-20)13-19(26)21-18-8-4-6-15-5-2-3-7-17(15)18/h2-3,5,7,9-12,18H,4,6,8,13H2,1H3,(H,21,26)/t18-/m1/s1. The normalized spacial score (nSPS) is 16.1. The molecule has 4 rings (SSSR count). The van der Waals surface area contributed by atoms with Crippen LogP contribution in [0.4, 0.5) is 0 Å². The van der Waals surface area contributed by atoms with Gasteiger partial charge in [0.1, 0.15) is 6.54 Å². The van der Waals surface area contributed by atoms with Crippen molar-refractivity contribution in [2.24, 2.45) is 0 Å². The zero-order chi connectivity index (χ0) is 17.9. The maximum atomic E-state index is 12.4. The molecule has 132 valence electrons. The van der Waals surface area contributed by atoms with Crippen LogP contribution in [0.5, 0.6) is 0 Å². The van der Waals surface area contributed by atoms with Crippen LogP contribution in [0.2, 0.25) is 0 Å². The van der Waals surface area contributed by atoms with E-state index in [2.05, 4.69) is 38.9 Å². The molecule has 1 aliphatic carbocycles. The predicted octanol–water partition coefficient (Wildman–Crippen LogP) is 2.84. The summed E-state index contributed by atoms with van der Waals surface area (Å²) >= 11 is 0. The molecule has 6 nitrogen and oxygen atoms in total. The van der Waals surface area contributed by atoms with E-state index in [1.807, 2.05) is 37.3 Å². The van der Waals surface area contributed by atoms with Gasteiger partial charge in [-0.05, 0) is 42.5 Å². The Kier molecular flexibility index (Phi) is 4.48. The van der Waals surface area contributed by atoms with E-state index < -0.39 is 0 Å². The van der Waals surface area contributed by atoms with Gasteiger partial charge < -0.3 is 5.32 Å². The van der Waals surface area contributed by atoms with E-state index in [9.17, 15) is 4.79 Å². The van der Waals surface area contributed by atoms with Crippen molar-refractivity contribution in [1.29, 1.82) is 0 Å². The fraction of sp³-hybridized carbons (Fsp3) is 0.300. The van der Waals surface area contributed by atoms with Crippen molar-refractivity contribution in [3.63, 3.8) is 0 Å². The molecule has 0 fully saturated rings. The second-order valence-electron chi connectivity index (χ2n) is 6.72. The molecule has 2 aromatic carbocycles. The molecule has 0 saturated heterocycles. The molecular weight excluding hydrogens is 326 g/mol. The van der Waals surface area contributed by atoms with Crippen LogP contribution in [0.3, 0.4) is 0 Å². The minimum atomic E-state index is -0.0976. The van der Waals surface area contributed by atoms with Crippen LogP contribution < -0.4 is 5.32 Å². The molecule has 0 unspecified atom stereocenters. The average Bonchev–Trinajstić information content (AvgIpc) is 3.11. The van der Waals surface area contributed by atoms with Gasteiger partial charge in [0.15, 0.2) is 0 Å². The monoisotopic (exact) mass is 347 g/mol. The Morgan fingerprint density at radius 3 is 2.85 bits per heavy atom. The fourth-order valence-corrected chi connectivity index (χ4v) is 3.40. The molecule has 1 atom stereocenters. The summed E-state index contributed by atoms with van der Waals surface area (Å²) in [5, 5.41) is 15.5. The number of tetrazole rings is 1. The maximum absolute atomic E-state index is 12.4. The van der Waals surface area contributed by atoms with E-state index in [4.69, 9.17) is 0 Å². The number of nitrogens with zero attached hydrogens (tertiary/aromatic N) is 4. The molecule has 3 aromatic rings. The van der Waals surface area contributed by atoms with Gasteiger partial charge in [0.25, 0.3) is 0 Å². The first kappa shape index (κ1) is 16.4. The zero-order valence-corrected chi connectivity index (χ0v) is 14.7. The van der Waals surface area contributed by atoms with Crippen molar-refractivity contribution in [2.45, 2.75) is 38.8 Å². The molecular formula is C20H21N5O. The Labute approximate surface area is 152 Å². The molecule has 1 aromatic heterocycles. The lowest BCUT2D eigenvalue weighted by molar-refractivity contribution is -0.122. The number of hydrogen-bond donors (Lipinski definition) is 1. The highest BCUT2D eigenvalue weighted by Gasteiger charge is 2.21. The van der Waals surface area contributed by atoms with E-state index in [1.54, 1.807) is 0 Å². The first-order chi connectivity index (χ1) is 12.7. The summed E-state index contributed by atoms with van der Waals surface area (Å²) in [6.45, 7) is 2.10. The van der Waals surface area contributed by atoms with Crippen LogP contribution in [0.1, 0.15) is 35.6 Å². The Morgan fingerprint density at radius 1 is 1.19 bits per heavy atom. The summed E-state index contributed by atoms with van der Waals surface area (Å²) in [6, 6.07) is 16.3. The molecule has 0 saturated carbocycles. The molecule has 1 heterocycles. The minimum Gasteiger partial charge on any atom is -0.348 e. The third kappa shape index (κ3) is 3.49. The Balaban J connectivity index is 1.42. The lowest BCUT2D eigenvalue weighted by Crippen LogP contribution is -2.34. The van der Waals surface area contributed by atoms with Crippen LogP contribution in [-0.4, -0.2) is 26.1 Å². The first-order valence-electron chi connectivity index (χ1n) is 8.91. The molecule has 0 radical (unpaired) electrons. The van der Waals surface area contributed by atoms with Gasteiger partial charge in [-0.15, -0.1) is 10.2 Å². The van der Waals surface area contributed by atoms with Crippen LogP contribution in [0, 0.1) is 6.92 Å². The van der Waals surface area contributed by atoms with Crippen LogP contribution in [-0.2, 0) is 17.8 Å². The summed E-state index contributed by atoms with van der Waals surface area (Å²) in [5.74, 6) is 0.431. The third-order valence-electron chi connectivity index (χ3n) is 4.75. The van der Waals surface area contributed by atoms with Crippen LogP contribution >= 0.6 is 0 Å². The highest BCUT2D eigenvalue weighted by atomic mass is 16.2. The molecule has 1 aliphatic rings. The lowest BCUT2D eigenvalue weighted by atomic mass is 9.88. The molecule has 1 amide bonds. The van der Waals surface area contributed by atoms with Gasteiger partial charge in [-0.3, -0.25) is 4.79 Å². The van der Waals surface area contributed by atoms with Crippen molar-refractivity contribution in [2.75, 3.05) is 0 Å². The number of hydrogen-bond acceptors (Lipinski definition) is 4. The van der Waals surface area contributed by atoms with Gasteiger partial charge in [0.2, 0.25) is 11.7 Å². The van der Waals surface area contributed by atoms with Gasteiger partial charge in [0.05, 0.1) is 6.04 Å². The lowest BCUT2D eigenvalue weighted by Gasteiger charge is -2.26. The predicted molar refractivity (Wildman–Crippen MR) is 98.3 cm³/mol. The van der Waals surface area contributed by atoms with Gasteiger partial charge >= 0.3 is 0 Å². The Hall–Kier alpha value is -3.02. The summed E-state index contributed by atoms with van der Waals surface area (Å²) in [4.78, 5) is 13.8.